The lowest BCUT2D eigenvalue weighted by Gasteiger charge is -2.28. The zero-order valence-electron chi connectivity index (χ0n) is 10.4. The van der Waals surface area contributed by atoms with Crippen molar-refractivity contribution in [2.45, 2.75) is 26.3 Å². The monoisotopic (exact) mass is 267 g/mol. The van der Waals surface area contributed by atoms with Gasteiger partial charge in [-0.25, -0.2) is 4.98 Å². The molecule has 2 heterocycles. The minimum atomic E-state index is -0.0947. The van der Waals surface area contributed by atoms with E-state index in [0.717, 1.165) is 43.6 Å². The van der Waals surface area contributed by atoms with Crippen LogP contribution in [0.1, 0.15) is 24.6 Å². The van der Waals surface area contributed by atoms with Crippen molar-refractivity contribution < 1.29 is 9.59 Å². The topological polar surface area (TPSA) is 62.3 Å². The number of rotatable bonds is 4. The van der Waals surface area contributed by atoms with Crippen molar-refractivity contribution in [2.75, 3.05) is 18.4 Å². The molecule has 0 bridgehead atoms. The summed E-state index contributed by atoms with van der Waals surface area (Å²) in [6.45, 7) is 4.24. The molecule has 1 aromatic rings. The predicted octanol–water partition coefficient (Wildman–Crippen LogP) is 1.51. The number of piperidine rings is 1. The van der Waals surface area contributed by atoms with Crippen LogP contribution in [0.4, 0.5) is 5.13 Å². The number of aromatic nitrogens is 1. The zero-order chi connectivity index (χ0) is 13.0. The first-order chi connectivity index (χ1) is 8.67. The first-order valence-electron chi connectivity index (χ1n) is 6.07. The third-order valence-electron chi connectivity index (χ3n) is 3.04. The SMILES string of the molecule is CC(=O)Nc1ncc(CN2CCC(C=O)CC2)s1. The lowest BCUT2D eigenvalue weighted by atomic mass is 9.99. The van der Waals surface area contributed by atoms with Crippen molar-refractivity contribution in [1.29, 1.82) is 0 Å². The highest BCUT2D eigenvalue weighted by atomic mass is 32.1. The molecule has 0 aliphatic carbocycles. The summed E-state index contributed by atoms with van der Waals surface area (Å²) in [5, 5.41) is 3.34. The van der Waals surface area contributed by atoms with Crippen LogP contribution in [-0.2, 0) is 16.1 Å². The standard InChI is InChI=1S/C12H17N3O2S/c1-9(17)14-12-13-6-11(18-12)7-15-4-2-10(8-16)3-5-15/h6,8,10H,2-5,7H2,1H3,(H,13,14,17). The van der Waals surface area contributed by atoms with E-state index in [9.17, 15) is 9.59 Å². The Kier molecular flexibility index (Phi) is 4.43. The van der Waals surface area contributed by atoms with Gasteiger partial charge in [-0.2, -0.15) is 0 Å². The van der Waals surface area contributed by atoms with E-state index >= 15 is 0 Å². The van der Waals surface area contributed by atoms with E-state index in [1.165, 1.54) is 18.3 Å². The van der Waals surface area contributed by atoms with E-state index < -0.39 is 0 Å². The van der Waals surface area contributed by atoms with E-state index in [0.29, 0.717) is 5.13 Å². The Labute approximate surface area is 110 Å². The lowest BCUT2D eigenvalue weighted by Crippen LogP contribution is -2.33. The molecule has 1 aliphatic heterocycles. The predicted molar refractivity (Wildman–Crippen MR) is 70.5 cm³/mol. The second kappa shape index (κ2) is 6.06. The summed E-state index contributed by atoms with van der Waals surface area (Å²) >= 11 is 1.51. The summed E-state index contributed by atoms with van der Waals surface area (Å²) in [4.78, 5) is 29.2. The maximum atomic E-state index is 10.9. The number of anilines is 1. The molecule has 1 amide bonds. The Bertz CT molecular complexity index is 425. The van der Waals surface area contributed by atoms with E-state index in [-0.39, 0.29) is 11.8 Å². The maximum absolute atomic E-state index is 10.9. The van der Waals surface area contributed by atoms with E-state index in [1.54, 1.807) is 0 Å². The molecule has 98 valence electrons. The largest absolute Gasteiger partial charge is 0.303 e. The van der Waals surface area contributed by atoms with Gasteiger partial charge in [-0.3, -0.25) is 9.69 Å². The van der Waals surface area contributed by atoms with E-state index in [1.807, 2.05) is 6.20 Å². The van der Waals surface area contributed by atoms with Crippen LogP contribution in [0, 0.1) is 5.92 Å². The highest BCUT2D eigenvalue weighted by Gasteiger charge is 2.19. The number of carbonyl (C=O) groups excluding carboxylic acids is 2. The Balaban J connectivity index is 1.84. The molecule has 5 nitrogen and oxygen atoms in total. The summed E-state index contributed by atoms with van der Waals surface area (Å²) in [5.74, 6) is 0.139. The number of amides is 1. The first kappa shape index (κ1) is 13.2. The summed E-state index contributed by atoms with van der Waals surface area (Å²) in [5.41, 5.74) is 0. The Morgan fingerprint density at radius 2 is 2.33 bits per heavy atom. The van der Waals surface area contributed by atoms with E-state index in [4.69, 9.17) is 0 Å². The van der Waals surface area contributed by atoms with Crippen molar-refractivity contribution in [3.8, 4) is 0 Å². The second-order valence-corrected chi connectivity index (χ2v) is 5.68. The van der Waals surface area contributed by atoms with Gasteiger partial charge in [0, 0.05) is 30.5 Å². The quantitative estimate of drug-likeness (QED) is 0.840. The summed E-state index contributed by atoms with van der Waals surface area (Å²) in [6.07, 6.45) is 4.77. The molecule has 0 saturated carbocycles. The summed E-state index contributed by atoms with van der Waals surface area (Å²) in [7, 11) is 0. The smallest absolute Gasteiger partial charge is 0.223 e. The number of likely N-dealkylation sites (tertiary alicyclic amines) is 1. The molecule has 0 atom stereocenters. The van der Waals surface area contributed by atoms with Gasteiger partial charge in [0.15, 0.2) is 5.13 Å². The van der Waals surface area contributed by atoms with Gasteiger partial charge in [-0.05, 0) is 25.9 Å². The van der Waals surface area contributed by atoms with Gasteiger partial charge in [0.25, 0.3) is 0 Å². The molecule has 18 heavy (non-hydrogen) atoms. The van der Waals surface area contributed by atoms with Crippen LogP contribution in [0.25, 0.3) is 0 Å². The van der Waals surface area contributed by atoms with Crippen molar-refractivity contribution >= 4 is 28.7 Å². The number of hydrogen-bond acceptors (Lipinski definition) is 5. The second-order valence-electron chi connectivity index (χ2n) is 4.56. The minimum Gasteiger partial charge on any atom is -0.303 e. The van der Waals surface area contributed by atoms with Gasteiger partial charge in [0.1, 0.15) is 6.29 Å². The van der Waals surface area contributed by atoms with Crippen LogP contribution in [0.15, 0.2) is 6.20 Å². The molecular formula is C12H17N3O2S. The van der Waals surface area contributed by atoms with Crippen molar-refractivity contribution in [3.05, 3.63) is 11.1 Å². The van der Waals surface area contributed by atoms with Crippen LogP contribution in [0.2, 0.25) is 0 Å². The molecular weight excluding hydrogens is 250 g/mol. The van der Waals surface area contributed by atoms with Gasteiger partial charge in [-0.15, -0.1) is 11.3 Å². The van der Waals surface area contributed by atoms with Gasteiger partial charge in [0.05, 0.1) is 0 Å². The molecule has 0 aromatic carbocycles. The molecule has 1 N–H and O–H groups in total. The Morgan fingerprint density at radius 1 is 1.61 bits per heavy atom. The third-order valence-corrected chi connectivity index (χ3v) is 3.94. The van der Waals surface area contributed by atoms with Gasteiger partial charge in [-0.1, -0.05) is 0 Å². The van der Waals surface area contributed by atoms with Crippen molar-refractivity contribution in [2.24, 2.45) is 5.92 Å². The molecule has 0 unspecified atom stereocenters. The Hall–Kier alpha value is -1.27. The number of nitrogens with one attached hydrogen (secondary N) is 1. The molecule has 6 heteroatoms. The first-order valence-corrected chi connectivity index (χ1v) is 6.89. The normalized spacial score (nSPS) is 17.6. The minimum absolute atomic E-state index is 0.0947. The average molecular weight is 267 g/mol. The van der Waals surface area contributed by atoms with Gasteiger partial charge >= 0.3 is 0 Å². The fourth-order valence-electron chi connectivity index (χ4n) is 2.06. The lowest BCUT2D eigenvalue weighted by molar-refractivity contribution is -0.114. The third kappa shape index (κ3) is 3.61. The molecule has 1 saturated heterocycles. The summed E-state index contributed by atoms with van der Waals surface area (Å²) < 4.78 is 0. The number of thiazole rings is 1. The van der Waals surface area contributed by atoms with E-state index in [2.05, 4.69) is 15.2 Å². The van der Waals surface area contributed by atoms with Gasteiger partial charge in [0.2, 0.25) is 5.91 Å². The molecule has 0 radical (unpaired) electrons. The fourth-order valence-corrected chi connectivity index (χ4v) is 2.96. The van der Waals surface area contributed by atoms with Gasteiger partial charge < -0.3 is 10.1 Å². The molecule has 1 fully saturated rings. The number of hydrogen-bond donors (Lipinski definition) is 1. The van der Waals surface area contributed by atoms with Crippen LogP contribution in [-0.4, -0.2) is 35.2 Å². The zero-order valence-corrected chi connectivity index (χ0v) is 11.2. The molecule has 2 rings (SSSR count). The Morgan fingerprint density at radius 3 is 2.94 bits per heavy atom. The van der Waals surface area contributed by atoms with Crippen molar-refractivity contribution in [3.63, 3.8) is 0 Å². The number of aldehydes is 1. The summed E-state index contributed by atoms with van der Waals surface area (Å²) in [6, 6.07) is 0. The number of nitrogens with zero attached hydrogens (tertiary/aromatic N) is 2. The molecule has 1 aliphatic rings. The number of carbonyl (C=O) groups is 2. The van der Waals surface area contributed by atoms with Crippen molar-refractivity contribution in [1.82, 2.24) is 9.88 Å². The van der Waals surface area contributed by atoms with Crippen LogP contribution >= 0.6 is 11.3 Å². The maximum Gasteiger partial charge on any atom is 0.223 e. The van der Waals surface area contributed by atoms with Crippen LogP contribution < -0.4 is 5.32 Å². The van der Waals surface area contributed by atoms with Crippen LogP contribution in [0.3, 0.4) is 0 Å². The molecule has 1 aromatic heterocycles. The highest BCUT2D eigenvalue weighted by molar-refractivity contribution is 7.15. The van der Waals surface area contributed by atoms with Crippen LogP contribution in [0.5, 0.6) is 0 Å². The highest BCUT2D eigenvalue weighted by Crippen LogP contribution is 2.22. The molecule has 0 spiro atoms. The fraction of sp³-hybridized carbons (Fsp3) is 0.583. The average Bonchev–Trinajstić information content (AvgIpc) is 2.76.